The molecule has 0 atom stereocenters. The van der Waals surface area contributed by atoms with Crippen LogP contribution in [0.4, 0.5) is 0 Å². The average molecular weight is 165 g/mol. The van der Waals surface area contributed by atoms with Crippen LogP contribution in [0.25, 0.3) is 11.5 Å². The summed E-state index contributed by atoms with van der Waals surface area (Å²) in [6, 6.07) is 0. The van der Waals surface area contributed by atoms with E-state index >= 15 is 0 Å². The molecule has 0 fully saturated rings. The third-order valence-corrected chi connectivity index (χ3v) is 1.61. The summed E-state index contributed by atoms with van der Waals surface area (Å²) < 4.78 is 9.96. The monoisotopic (exact) mass is 165 g/mol. The van der Waals surface area contributed by atoms with Crippen LogP contribution in [0.1, 0.15) is 11.5 Å². The highest BCUT2D eigenvalue weighted by Gasteiger charge is 2.15. The van der Waals surface area contributed by atoms with Crippen LogP contribution in [-0.4, -0.2) is 15.4 Å². The van der Waals surface area contributed by atoms with Crippen molar-refractivity contribution in [1.29, 1.82) is 0 Å². The van der Waals surface area contributed by atoms with Crippen molar-refractivity contribution in [3.63, 3.8) is 0 Å². The lowest BCUT2D eigenvalue weighted by atomic mass is 10.2. The van der Waals surface area contributed by atoms with Gasteiger partial charge in [0, 0.05) is 0 Å². The van der Waals surface area contributed by atoms with Crippen molar-refractivity contribution in [1.82, 2.24) is 15.4 Å². The fourth-order valence-corrected chi connectivity index (χ4v) is 1.07. The van der Waals surface area contributed by atoms with E-state index in [0.29, 0.717) is 11.7 Å². The molecule has 5 nitrogen and oxygen atoms in total. The molecule has 0 spiro atoms. The topological polar surface area (TPSA) is 65.0 Å². The van der Waals surface area contributed by atoms with Crippen LogP contribution in [0, 0.1) is 13.8 Å². The van der Waals surface area contributed by atoms with Crippen LogP contribution in [0.2, 0.25) is 0 Å². The highest BCUT2D eigenvalue weighted by Crippen LogP contribution is 2.23. The standard InChI is InChI=1S/C7H7N3O2/c1-4-6(5(2)12-10-4)7-9-8-3-11-7/h3H,1-2H3. The molecule has 0 radical (unpaired) electrons. The van der Waals surface area contributed by atoms with Crippen molar-refractivity contribution in [2.24, 2.45) is 0 Å². The number of nitrogens with zero attached hydrogens (tertiary/aromatic N) is 3. The Morgan fingerprint density at radius 2 is 2.17 bits per heavy atom. The van der Waals surface area contributed by atoms with E-state index in [1.165, 1.54) is 6.39 Å². The van der Waals surface area contributed by atoms with Gasteiger partial charge in [-0.2, -0.15) is 0 Å². The lowest BCUT2D eigenvalue weighted by molar-refractivity contribution is 0.393. The largest absolute Gasteiger partial charge is 0.423 e. The Bertz CT molecular complexity index is 358. The molecule has 0 aromatic carbocycles. The van der Waals surface area contributed by atoms with Crippen molar-refractivity contribution in [3.8, 4) is 11.5 Å². The minimum atomic E-state index is 0.450. The Labute approximate surface area is 68.4 Å². The summed E-state index contributed by atoms with van der Waals surface area (Å²) >= 11 is 0. The second-order valence-electron chi connectivity index (χ2n) is 2.44. The van der Waals surface area contributed by atoms with E-state index in [4.69, 9.17) is 8.94 Å². The molecule has 0 aliphatic heterocycles. The van der Waals surface area contributed by atoms with Gasteiger partial charge in [0.05, 0.1) is 5.69 Å². The van der Waals surface area contributed by atoms with Crippen molar-refractivity contribution in [3.05, 3.63) is 17.8 Å². The Hall–Kier alpha value is -1.65. The maximum Gasteiger partial charge on any atom is 0.252 e. The maximum atomic E-state index is 5.02. The van der Waals surface area contributed by atoms with Gasteiger partial charge in [-0.25, -0.2) is 0 Å². The highest BCUT2D eigenvalue weighted by molar-refractivity contribution is 5.57. The molecule has 0 saturated heterocycles. The fraction of sp³-hybridized carbons (Fsp3) is 0.286. The summed E-state index contributed by atoms with van der Waals surface area (Å²) in [6.45, 7) is 3.63. The van der Waals surface area contributed by atoms with Crippen molar-refractivity contribution < 1.29 is 8.94 Å². The summed E-state index contributed by atoms with van der Waals surface area (Å²) in [5.74, 6) is 1.14. The first-order valence-corrected chi connectivity index (χ1v) is 3.48. The molecule has 0 amide bonds. The predicted molar refractivity (Wildman–Crippen MR) is 39.3 cm³/mol. The van der Waals surface area contributed by atoms with Crippen LogP contribution in [0.15, 0.2) is 15.3 Å². The van der Waals surface area contributed by atoms with Crippen LogP contribution < -0.4 is 0 Å². The molecule has 2 heterocycles. The summed E-state index contributed by atoms with van der Waals surface area (Å²) in [5.41, 5.74) is 1.55. The first-order chi connectivity index (χ1) is 5.79. The number of rotatable bonds is 1. The first kappa shape index (κ1) is 7.02. The molecule has 0 aliphatic carbocycles. The summed E-state index contributed by atoms with van der Waals surface area (Å²) in [5, 5.41) is 11.1. The van der Waals surface area contributed by atoms with Gasteiger partial charge in [0.15, 0.2) is 0 Å². The second kappa shape index (κ2) is 2.44. The molecule has 2 aromatic heterocycles. The second-order valence-corrected chi connectivity index (χ2v) is 2.44. The lowest BCUT2D eigenvalue weighted by Crippen LogP contribution is -1.81. The van der Waals surface area contributed by atoms with Gasteiger partial charge in [-0.1, -0.05) is 5.16 Å². The third kappa shape index (κ3) is 0.903. The summed E-state index contributed by atoms with van der Waals surface area (Å²) in [6.07, 6.45) is 1.28. The Morgan fingerprint density at radius 3 is 2.67 bits per heavy atom. The molecule has 62 valence electrons. The summed E-state index contributed by atoms with van der Waals surface area (Å²) in [4.78, 5) is 0. The molecule has 2 rings (SSSR count). The van der Waals surface area contributed by atoms with Crippen LogP contribution in [-0.2, 0) is 0 Å². The molecule has 0 unspecified atom stereocenters. The van der Waals surface area contributed by atoms with Gasteiger partial charge in [-0.05, 0) is 13.8 Å². The Balaban J connectivity index is 2.60. The zero-order valence-electron chi connectivity index (χ0n) is 6.74. The van der Waals surface area contributed by atoms with E-state index in [1.807, 2.05) is 6.92 Å². The molecule has 0 aliphatic rings. The molecule has 0 bridgehead atoms. The molecule has 0 N–H and O–H groups in total. The van der Waals surface area contributed by atoms with Gasteiger partial charge in [0.2, 0.25) is 6.39 Å². The minimum absolute atomic E-state index is 0.450. The van der Waals surface area contributed by atoms with Gasteiger partial charge in [-0.15, -0.1) is 10.2 Å². The van der Waals surface area contributed by atoms with Crippen LogP contribution in [0.3, 0.4) is 0 Å². The summed E-state index contributed by atoms with van der Waals surface area (Å²) in [7, 11) is 0. The fourth-order valence-electron chi connectivity index (χ4n) is 1.07. The molecule has 2 aromatic rings. The lowest BCUT2D eigenvalue weighted by Gasteiger charge is -1.88. The van der Waals surface area contributed by atoms with Crippen molar-refractivity contribution in [2.75, 3.05) is 0 Å². The maximum absolute atomic E-state index is 5.02. The molecule has 5 heteroatoms. The number of aryl methyl sites for hydroxylation is 2. The van der Waals surface area contributed by atoms with Gasteiger partial charge in [-0.3, -0.25) is 0 Å². The van der Waals surface area contributed by atoms with E-state index in [2.05, 4.69) is 15.4 Å². The van der Waals surface area contributed by atoms with E-state index < -0.39 is 0 Å². The molecule has 12 heavy (non-hydrogen) atoms. The van der Waals surface area contributed by atoms with Gasteiger partial charge in [0.1, 0.15) is 11.3 Å². The Kier molecular flexibility index (Phi) is 1.43. The molecule has 0 saturated carbocycles. The van der Waals surface area contributed by atoms with Crippen molar-refractivity contribution >= 4 is 0 Å². The highest BCUT2D eigenvalue weighted by atomic mass is 16.5. The quantitative estimate of drug-likeness (QED) is 0.637. The smallest absolute Gasteiger partial charge is 0.252 e. The normalized spacial score (nSPS) is 10.5. The first-order valence-electron chi connectivity index (χ1n) is 3.48. The van der Waals surface area contributed by atoms with Gasteiger partial charge < -0.3 is 8.94 Å². The minimum Gasteiger partial charge on any atom is -0.423 e. The van der Waals surface area contributed by atoms with Gasteiger partial charge in [0.25, 0.3) is 5.89 Å². The van der Waals surface area contributed by atoms with Crippen LogP contribution >= 0.6 is 0 Å². The zero-order chi connectivity index (χ0) is 8.55. The van der Waals surface area contributed by atoms with E-state index in [-0.39, 0.29) is 0 Å². The SMILES string of the molecule is Cc1noc(C)c1-c1nnco1. The zero-order valence-corrected chi connectivity index (χ0v) is 6.74. The van der Waals surface area contributed by atoms with E-state index in [9.17, 15) is 0 Å². The predicted octanol–water partition coefficient (Wildman–Crippen LogP) is 1.34. The number of hydrogen-bond donors (Lipinski definition) is 0. The number of aromatic nitrogens is 3. The Morgan fingerprint density at radius 1 is 1.33 bits per heavy atom. The average Bonchev–Trinajstić information content (AvgIpc) is 2.61. The molecular weight excluding hydrogens is 158 g/mol. The van der Waals surface area contributed by atoms with Gasteiger partial charge >= 0.3 is 0 Å². The molecular formula is C7H7N3O2. The third-order valence-electron chi connectivity index (χ3n) is 1.61. The van der Waals surface area contributed by atoms with Crippen LogP contribution in [0.5, 0.6) is 0 Å². The number of hydrogen-bond acceptors (Lipinski definition) is 5. The van der Waals surface area contributed by atoms with E-state index in [0.717, 1.165) is 11.3 Å². The van der Waals surface area contributed by atoms with Crippen molar-refractivity contribution in [2.45, 2.75) is 13.8 Å². The van der Waals surface area contributed by atoms with E-state index in [1.54, 1.807) is 6.92 Å².